The monoisotopic (exact) mass is 313 g/mol. The second-order valence-electron chi connectivity index (χ2n) is 3.99. The van der Waals surface area contributed by atoms with Crippen molar-refractivity contribution in [2.45, 2.75) is 6.04 Å². The molecule has 0 aliphatic carbocycles. The molecule has 0 saturated carbocycles. The van der Waals surface area contributed by atoms with E-state index in [9.17, 15) is 4.79 Å². The van der Waals surface area contributed by atoms with Crippen LogP contribution >= 0.6 is 15.9 Å². The summed E-state index contributed by atoms with van der Waals surface area (Å²) in [5, 5.41) is 8.73. The van der Waals surface area contributed by atoms with Crippen molar-refractivity contribution >= 4 is 21.9 Å². The molecule has 0 saturated heterocycles. The minimum Gasteiger partial charge on any atom is -0.496 e. The average molecular weight is 314 g/mol. The summed E-state index contributed by atoms with van der Waals surface area (Å²) in [4.78, 5) is 12.6. The zero-order valence-corrected chi connectivity index (χ0v) is 12.1. The van der Waals surface area contributed by atoms with Crippen LogP contribution in [0, 0.1) is 0 Å². The van der Waals surface area contributed by atoms with Gasteiger partial charge in [0.1, 0.15) is 5.75 Å². The lowest BCUT2D eigenvalue weighted by Crippen LogP contribution is -2.19. The van der Waals surface area contributed by atoms with Crippen LogP contribution in [0.15, 0.2) is 34.8 Å². The van der Waals surface area contributed by atoms with E-state index in [0.29, 0.717) is 0 Å². The molecular formula is C13H16BrNO3. The predicted molar refractivity (Wildman–Crippen MR) is 73.9 cm³/mol. The number of aliphatic carboxylic acids is 1. The fourth-order valence-corrected chi connectivity index (χ4v) is 2.04. The van der Waals surface area contributed by atoms with E-state index in [2.05, 4.69) is 15.9 Å². The topological polar surface area (TPSA) is 49.8 Å². The molecule has 0 aliphatic rings. The molecule has 0 aromatic heterocycles. The summed E-state index contributed by atoms with van der Waals surface area (Å²) < 4.78 is 6.23. The molecule has 1 atom stereocenters. The Labute approximate surface area is 115 Å². The van der Waals surface area contributed by atoms with Crippen molar-refractivity contribution in [1.82, 2.24) is 4.90 Å². The van der Waals surface area contributed by atoms with E-state index in [1.165, 1.54) is 0 Å². The first-order chi connectivity index (χ1) is 8.45. The molecule has 4 nitrogen and oxygen atoms in total. The Morgan fingerprint density at radius 3 is 2.67 bits per heavy atom. The number of hydrogen-bond donors (Lipinski definition) is 1. The summed E-state index contributed by atoms with van der Waals surface area (Å²) in [6, 6.07) is 5.50. The maximum atomic E-state index is 10.6. The third-order valence-corrected chi connectivity index (χ3v) is 2.98. The van der Waals surface area contributed by atoms with Gasteiger partial charge in [-0.15, -0.1) is 0 Å². The van der Waals surface area contributed by atoms with E-state index >= 15 is 0 Å². The maximum Gasteiger partial charge on any atom is 0.328 e. The number of ether oxygens (including phenoxy) is 1. The molecule has 5 heteroatoms. The Morgan fingerprint density at radius 1 is 1.50 bits per heavy atom. The lowest BCUT2D eigenvalue weighted by molar-refractivity contribution is -0.131. The van der Waals surface area contributed by atoms with Crippen LogP contribution in [0.25, 0.3) is 0 Å². The second kappa shape index (κ2) is 6.56. The summed E-state index contributed by atoms with van der Waals surface area (Å²) in [7, 11) is 5.37. The lowest BCUT2D eigenvalue weighted by Gasteiger charge is -2.23. The quantitative estimate of drug-likeness (QED) is 0.849. The normalized spacial score (nSPS) is 12.9. The first-order valence-corrected chi connectivity index (χ1v) is 6.16. The highest BCUT2D eigenvalue weighted by molar-refractivity contribution is 9.10. The molecule has 0 spiro atoms. The number of halogens is 1. The second-order valence-corrected chi connectivity index (χ2v) is 4.91. The molecule has 0 heterocycles. The maximum absolute atomic E-state index is 10.6. The fourth-order valence-electron chi connectivity index (χ4n) is 1.66. The molecule has 1 aromatic rings. The van der Waals surface area contributed by atoms with E-state index in [1.54, 1.807) is 13.2 Å². The number of benzene rings is 1. The smallest absolute Gasteiger partial charge is 0.328 e. The first kappa shape index (κ1) is 14.7. The Bertz CT molecular complexity index is 458. The van der Waals surface area contributed by atoms with Crippen LogP contribution in [0.1, 0.15) is 11.6 Å². The van der Waals surface area contributed by atoms with Gasteiger partial charge in [0.2, 0.25) is 0 Å². The zero-order chi connectivity index (χ0) is 13.7. The molecule has 0 amide bonds. The SMILES string of the molecule is COc1ccc(Br)cc1C(/C=C/C(=O)O)N(C)C. The number of carboxylic acids is 1. The molecule has 1 unspecified atom stereocenters. The largest absolute Gasteiger partial charge is 0.496 e. The van der Waals surface area contributed by atoms with Crippen LogP contribution in [0.5, 0.6) is 5.75 Å². The van der Waals surface area contributed by atoms with Crippen LogP contribution in [0.2, 0.25) is 0 Å². The van der Waals surface area contributed by atoms with E-state index in [4.69, 9.17) is 9.84 Å². The Kier molecular flexibility index (Phi) is 5.37. The summed E-state index contributed by atoms with van der Waals surface area (Å²) in [6.45, 7) is 0. The van der Waals surface area contributed by atoms with E-state index in [-0.39, 0.29) is 6.04 Å². The van der Waals surface area contributed by atoms with Crippen molar-refractivity contribution in [3.05, 3.63) is 40.4 Å². The number of methoxy groups -OCH3 is 1. The molecule has 98 valence electrons. The number of carbonyl (C=O) groups is 1. The zero-order valence-electron chi connectivity index (χ0n) is 10.6. The minimum atomic E-state index is -0.962. The van der Waals surface area contributed by atoms with E-state index in [1.807, 2.05) is 37.2 Å². The van der Waals surface area contributed by atoms with Gasteiger partial charge >= 0.3 is 5.97 Å². The highest BCUT2D eigenvalue weighted by Gasteiger charge is 2.16. The molecule has 0 aliphatic heterocycles. The number of hydrogen-bond acceptors (Lipinski definition) is 3. The number of rotatable bonds is 5. The highest BCUT2D eigenvalue weighted by Crippen LogP contribution is 2.31. The van der Waals surface area contributed by atoms with Gasteiger partial charge in [-0.05, 0) is 32.3 Å². The van der Waals surface area contributed by atoms with Gasteiger partial charge in [0.15, 0.2) is 0 Å². The van der Waals surface area contributed by atoms with Crippen molar-refractivity contribution in [3.63, 3.8) is 0 Å². The van der Waals surface area contributed by atoms with Gasteiger partial charge in [-0.1, -0.05) is 22.0 Å². The third-order valence-electron chi connectivity index (χ3n) is 2.49. The number of nitrogens with zero attached hydrogens (tertiary/aromatic N) is 1. The molecule has 18 heavy (non-hydrogen) atoms. The van der Waals surface area contributed by atoms with Gasteiger partial charge in [0.25, 0.3) is 0 Å². The van der Waals surface area contributed by atoms with Crippen molar-refractivity contribution in [2.24, 2.45) is 0 Å². The van der Waals surface area contributed by atoms with Crippen LogP contribution in [0.3, 0.4) is 0 Å². The van der Waals surface area contributed by atoms with Gasteiger partial charge in [-0.2, -0.15) is 0 Å². The molecule has 0 bridgehead atoms. The fraction of sp³-hybridized carbons (Fsp3) is 0.308. The van der Waals surface area contributed by atoms with Crippen LogP contribution in [0.4, 0.5) is 0 Å². The van der Waals surface area contributed by atoms with Crippen molar-refractivity contribution in [3.8, 4) is 5.75 Å². The Balaban J connectivity index is 3.20. The summed E-state index contributed by atoms with van der Waals surface area (Å²) in [6.07, 6.45) is 2.78. The van der Waals surface area contributed by atoms with E-state index in [0.717, 1.165) is 21.9 Å². The van der Waals surface area contributed by atoms with E-state index < -0.39 is 5.97 Å². The molecule has 1 N–H and O–H groups in total. The molecule has 1 aromatic carbocycles. The van der Waals surface area contributed by atoms with Crippen LogP contribution in [-0.2, 0) is 4.79 Å². The number of likely N-dealkylation sites (N-methyl/N-ethyl adjacent to an activating group) is 1. The Morgan fingerprint density at radius 2 is 2.17 bits per heavy atom. The summed E-state index contributed by atoms with van der Waals surface area (Å²) >= 11 is 3.41. The van der Waals surface area contributed by atoms with Crippen molar-refractivity contribution in [2.75, 3.05) is 21.2 Å². The highest BCUT2D eigenvalue weighted by atomic mass is 79.9. The van der Waals surface area contributed by atoms with Crippen LogP contribution < -0.4 is 4.74 Å². The lowest BCUT2D eigenvalue weighted by atomic mass is 10.0. The molecule has 0 fully saturated rings. The van der Waals surface area contributed by atoms with Crippen molar-refractivity contribution < 1.29 is 14.6 Å². The average Bonchev–Trinajstić information content (AvgIpc) is 2.28. The predicted octanol–water partition coefficient (Wildman–Crippen LogP) is 2.70. The molecule has 0 radical (unpaired) electrons. The molecule has 1 rings (SSSR count). The Hall–Kier alpha value is -1.33. The number of carboxylic acid groups (broad SMARTS) is 1. The standard InChI is InChI=1S/C13H16BrNO3/c1-15(2)11(5-7-13(16)17)10-8-9(14)4-6-12(10)18-3/h4-8,11H,1-3H3,(H,16,17)/b7-5+. The van der Waals surface area contributed by atoms with Crippen LogP contribution in [-0.4, -0.2) is 37.2 Å². The summed E-state index contributed by atoms with van der Waals surface area (Å²) in [5.41, 5.74) is 0.911. The van der Waals surface area contributed by atoms with Gasteiger partial charge < -0.3 is 9.84 Å². The first-order valence-electron chi connectivity index (χ1n) is 5.36. The van der Waals surface area contributed by atoms with Gasteiger partial charge in [-0.3, -0.25) is 4.90 Å². The van der Waals surface area contributed by atoms with Gasteiger partial charge in [-0.25, -0.2) is 4.79 Å². The minimum absolute atomic E-state index is 0.159. The molecular weight excluding hydrogens is 298 g/mol. The van der Waals surface area contributed by atoms with Gasteiger partial charge in [0, 0.05) is 16.1 Å². The third kappa shape index (κ3) is 3.85. The summed E-state index contributed by atoms with van der Waals surface area (Å²) in [5.74, 6) is -0.234. The van der Waals surface area contributed by atoms with Gasteiger partial charge in [0.05, 0.1) is 13.2 Å². The van der Waals surface area contributed by atoms with Crippen molar-refractivity contribution in [1.29, 1.82) is 0 Å².